The number of hydrogen-bond acceptors (Lipinski definition) is 5. The van der Waals surface area contributed by atoms with Gasteiger partial charge in [-0.15, -0.1) is 0 Å². The molecule has 2 aromatic carbocycles. The number of hydrogen-bond donors (Lipinski definition) is 2. The fourth-order valence-electron chi connectivity index (χ4n) is 3.97. The number of benzene rings is 2. The van der Waals surface area contributed by atoms with E-state index in [1.165, 1.54) is 5.69 Å². The SMILES string of the molecule is CCN1CCN(c2ccc(NC(=O)Nc3cccc(N4CCOC4=O)c3)c(C)c2)CC1. The normalized spacial score (nSPS) is 16.9. The second kappa shape index (κ2) is 9.26. The molecule has 164 valence electrons. The van der Waals surface area contributed by atoms with Gasteiger partial charge in [-0.2, -0.15) is 0 Å². The zero-order valence-electron chi connectivity index (χ0n) is 18.1. The molecule has 0 bridgehead atoms. The minimum absolute atomic E-state index is 0.325. The zero-order valence-corrected chi connectivity index (χ0v) is 18.1. The number of piperazine rings is 1. The van der Waals surface area contributed by atoms with E-state index in [1.807, 2.05) is 19.1 Å². The highest BCUT2D eigenvalue weighted by Crippen LogP contribution is 2.25. The summed E-state index contributed by atoms with van der Waals surface area (Å²) in [6.45, 7) is 10.4. The van der Waals surface area contributed by atoms with Gasteiger partial charge in [0, 0.05) is 48.9 Å². The molecule has 2 aromatic rings. The van der Waals surface area contributed by atoms with Crippen molar-refractivity contribution in [3.8, 4) is 0 Å². The molecule has 31 heavy (non-hydrogen) atoms. The van der Waals surface area contributed by atoms with Crippen LogP contribution in [-0.4, -0.2) is 62.9 Å². The first-order chi connectivity index (χ1) is 15.0. The first kappa shape index (κ1) is 21.0. The van der Waals surface area contributed by atoms with Gasteiger partial charge in [-0.05, 0) is 55.4 Å². The number of aryl methyl sites for hydroxylation is 1. The summed E-state index contributed by atoms with van der Waals surface area (Å²) in [6, 6.07) is 13.0. The number of anilines is 4. The second-order valence-electron chi connectivity index (χ2n) is 7.82. The minimum Gasteiger partial charge on any atom is -0.447 e. The van der Waals surface area contributed by atoms with Gasteiger partial charge >= 0.3 is 12.1 Å². The first-order valence-electron chi connectivity index (χ1n) is 10.7. The molecular formula is C23H29N5O3. The number of ether oxygens (including phenoxy) is 1. The fourth-order valence-corrected chi connectivity index (χ4v) is 3.97. The van der Waals surface area contributed by atoms with Crippen LogP contribution >= 0.6 is 0 Å². The van der Waals surface area contributed by atoms with Crippen molar-refractivity contribution in [2.24, 2.45) is 0 Å². The molecule has 2 heterocycles. The molecule has 0 radical (unpaired) electrons. The number of cyclic esters (lactones) is 1. The van der Waals surface area contributed by atoms with E-state index in [9.17, 15) is 9.59 Å². The fraction of sp³-hybridized carbons (Fsp3) is 0.391. The maximum atomic E-state index is 12.5. The van der Waals surface area contributed by atoms with Crippen molar-refractivity contribution in [2.45, 2.75) is 13.8 Å². The van der Waals surface area contributed by atoms with Crippen LogP contribution in [0.2, 0.25) is 0 Å². The first-order valence-corrected chi connectivity index (χ1v) is 10.7. The van der Waals surface area contributed by atoms with E-state index in [1.54, 1.807) is 23.1 Å². The van der Waals surface area contributed by atoms with Gasteiger partial charge in [-0.3, -0.25) is 4.90 Å². The van der Waals surface area contributed by atoms with Gasteiger partial charge in [-0.1, -0.05) is 13.0 Å². The molecule has 2 saturated heterocycles. The van der Waals surface area contributed by atoms with Crippen molar-refractivity contribution in [3.63, 3.8) is 0 Å². The average Bonchev–Trinajstić information content (AvgIpc) is 3.21. The minimum atomic E-state index is -0.367. The summed E-state index contributed by atoms with van der Waals surface area (Å²) in [7, 11) is 0. The topological polar surface area (TPSA) is 77.2 Å². The van der Waals surface area contributed by atoms with Gasteiger partial charge < -0.3 is 25.2 Å². The molecule has 4 rings (SSSR count). The van der Waals surface area contributed by atoms with E-state index >= 15 is 0 Å². The zero-order chi connectivity index (χ0) is 21.8. The van der Waals surface area contributed by atoms with Gasteiger partial charge in [0.1, 0.15) is 6.61 Å². The third kappa shape index (κ3) is 4.91. The number of nitrogens with one attached hydrogen (secondary N) is 2. The van der Waals surface area contributed by atoms with Gasteiger partial charge in [-0.25, -0.2) is 9.59 Å². The van der Waals surface area contributed by atoms with E-state index in [2.05, 4.69) is 39.5 Å². The number of rotatable bonds is 5. The summed E-state index contributed by atoms with van der Waals surface area (Å²) in [5, 5.41) is 5.76. The predicted molar refractivity (Wildman–Crippen MR) is 123 cm³/mol. The Balaban J connectivity index is 1.37. The Morgan fingerprint density at radius 2 is 1.81 bits per heavy atom. The molecule has 2 fully saturated rings. The highest BCUT2D eigenvalue weighted by Gasteiger charge is 2.23. The monoisotopic (exact) mass is 423 g/mol. The van der Waals surface area contributed by atoms with Crippen molar-refractivity contribution >= 4 is 34.9 Å². The standard InChI is InChI=1S/C23H29N5O3/c1-3-26-9-11-27(12-10-26)19-7-8-21(17(2)15-19)25-22(29)24-18-5-4-6-20(16-18)28-13-14-31-23(28)30/h4-8,15-16H,3,9-14H2,1-2H3,(H2,24,25,29). The number of urea groups is 1. The molecule has 0 aliphatic carbocycles. The van der Waals surface area contributed by atoms with E-state index in [0.717, 1.165) is 44.0 Å². The van der Waals surface area contributed by atoms with Gasteiger partial charge in [0.2, 0.25) is 0 Å². The van der Waals surface area contributed by atoms with Crippen molar-refractivity contribution in [3.05, 3.63) is 48.0 Å². The third-order valence-corrected chi connectivity index (χ3v) is 5.82. The van der Waals surface area contributed by atoms with Crippen molar-refractivity contribution < 1.29 is 14.3 Å². The predicted octanol–water partition coefficient (Wildman–Crippen LogP) is 3.74. The summed E-state index contributed by atoms with van der Waals surface area (Å²) < 4.78 is 4.98. The molecule has 0 spiro atoms. The van der Waals surface area contributed by atoms with Gasteiger partial charge in [0.05, 0.1) is 6.54 Å². The van der Waals surface area contributed by atoms with E-state index in [4.69, 9.17) is 4.74 Å². The lowest BCUT2D eigenvalue weighted by atomic mass is 10.1. The average molecular weight is 424 g/mol. The Bertz CT molecular complexity index is 956. The summed E-state index contributed by atoms with van der Waals surface area (Å²) in [6.07, 6.45) is -0.367. The van der Waals surface area contributed by atoms with Crippen LogP contribution in [0.15, 0.2) is 42.5 Å². The van der Waals surface area contributed by atoms with Crippen LogP contribution in [-0.2, 0) is 4.74 Å². The molecule has 3 amide bonds. The molecule has 2 aliphatic heterocycles. The molecule has 8 heteroatoms. The Kier molecular flexibility index (Phi) is 6.27. The smallest absolute Gasteiger partial charge is 0.414 e. The molecule has 0 saturated carbocycles. The second-order valence-corrected chi connectivity index (χ2v) is 7.82. The van der Waals surface area contributed by atoms with Crippen LogP contribution in [0.3, 0.4) is 0 Å². The van der Waals surface area contributed by atoms with E-state index in [0.29, 0.717) is 24.5 Å². The maximum Gasteiger partial charge on any atom is 0.414 e. The summed E-state index contributed by atoms with van der Waals surface area (Å²) >= 11 is 0. The summed E-state index contributed by atoms with van der Waals surface area (Å²) in [5.41, 5.74) is 4.28. The lowest BCUT2D eigenvalue weighted by Gasteiger charge is -2.35. The van der Waals surface area contributed by atoms with Crippen LogP contribution < -0.4 is 20.4 Å². The van der Waals surface area contributed by atoms with Crippen molar-refractivity contribution in [2.75, 3.05) is 66.3 Å². The number of nitrogens with zero attached hydrogens (tertiary/aromatic N) is 3. The molecular weight excluding hydrogens is 394 g/mol. The molecule has 2 N–H and O–H groups in total. The molecule has 8 nitrogen and oxygen atoms in total. The van der Waals surface area contributed by atoms with E-state index in [-0.39, 0.29) is 12.1 Å². The number of carbonyl (C=O) groups is 2. The van der Waals surface area contributed by atoms with Gasteiger partial charge in [0.15, 0.2) is 0 Å². The molecule has 2 aliphatic rings. The quantitative estimate of drug-likeness (QED) is 0.766. The largest absolute Gasteiger partial charge is 0.447 e. The lowest BCUT2D eigenvalue weighted by Crippen LogP contribution is -2.46. The van der Waals surface area contributed by atoms with Gasteiger partial charge in [0.25, 0.3) is 0 Å². The van der Waals surface area contributed by atoms with Crippen LogP contribution in [0, 0.1) is 6.92 Å². The third-order valence-electron chi connectivity index (χ3n) is 5.82. The summed E-state index contributed by atoms with van der Waals surface area (Å²) in [5.74, 6) is 0. The van der Waals surface area contributed by atoms with E-state index < -0.39 is 0 Å². The van der Waals surface area contributed by atoms with Crippen LogP contribution in [0.4, 0.5) is 32.3 Å². The lowest BCUT2D eigenvalue weighted by molar-refractivity contribution is 0.181. The Hall–Kier alpha value is -3.26. The Morgan fingerprint density at radius 3 is 2.48 bits per heavy atom. The molecule has 0 atom stereocenters. The highest BCUT2D eigenvalue weighted by atomic mass is 16.6. The maximum absolute atomic E-state index is 12.5. The van der Waals surface area contributed by atoms with Crippen LogP contribution in [0.1, 0.15) is 12.5 Å². The number of likely N-dealkylation sites (N-methyl/N-ethyl adjacent to an activating group) is 1. The Morgan fingerprint density at radius 1 is 1.00 bits per heavy atom. The number of amides is 3. The highest BCUT2D eigenvalue weighted by molar-refractivity contribution is 6.01. The van der Waals surface area contributed by atoms with Crippen LogP contribution in [0.5, 0.6) is 0 Å². The molecule has 0 aromatic heterocycles. The molecule has 0 unspecified atom stereocenters. The Labute approximate surface area is 182 Å². The summed E-state index contributed by atoms with van der Waals surface area (Å²) in [4.78, 5) is 30.7. The number of carbonyl (C=O) groups excluding carboxylic acids is 2. The van der Waals surface area contributed by atoms with Crippen molar-refractivity contribution in [1.82, 2.24) is 4.90 Å². The van der Waals surface area contributed by atoms with Crippen LogP contribution in [0.25, 0.3) is 0 Å². The van der Waals surface area contributed by atoms with Crippen molar-refractivity contribution in [1.29, 1.82) is 0 Å².